The van der Waals surface area contributed by atoms with E-state index in [0.29, 0.717) is 12.6 Å². The number of rotatable bonds is 5. The first kappa shape index (κ1) is 21.4. The van der Waals surface area contributed by atoms with Gasteiger partial charge in [-0.15, -0.1) is 0 Å². The first-order chi connectivity index (χ1) is 13.5. The standard InChI is InChI=1S/C20H26F3N3O3/c1-20(2,3)29-19(28)25-12(4-11-5-16(22)17(23)8-15(11)21)7-18(27)26-10-13-6-14(26)9-24-13/h5,8,12-14,24H,4,6-7,9-10H2,1-3H3,(H,25,28)/t12-,13?,14?/m1/s1. The molecule has 2 fully saturated rings. The summed E-state index contributed by atoms with van der Waals surface area (Å²) in [6.45, 7) is 6.38. The molecule has 0 spiro atoms. The lowest BCUT2D eigenvalue weighted by Crippen LogP contribution is -2.49. The number of carbonyl (C=O) groups excluding carboxylic acids is 2. The van der Waals surface area contributed by atoms with Crippen LogP contribution in [0.1, 0.15) is 39.2 Å². The SMILES string of the molecule is CC(C)(C)OC(=O)N[C@@H](CC(=O)N1CC2CC1CN2)Cc1cc(F)c(F)cc1F. The third-order valence-corrected chi connectivity index (χ3v) is 5.07. The lowest BCUT2D eigenvalue weighted by Gasteiger charge is -2.30. The number of alkyl carbamates (subject to hydrolysis) is 1. The Morgan fingerprint density at radius 2 is 1.93 bits per heavy atom. The maximum absolute atomic E-state index is 14.1. The van der Waals surface area contributed by atoms with Gasteiger partial charge in [-0.1, -0.05) is 0 Å². The van der Waals surface area contributed by atoms with E-state index in [0.717, 1.165) is 19.0 Å². The summed E-state index contributed by atoms with van der Waals surface area (Å²) in [5.74, 6) is -3.59. The number of nitrogens with one attached hydrogen (secondary N) is 2. The van der Waals surface area contributed by atoms with E-state index in [-0.39, 0.29) is 36.4 Å². The average molecular weight is 413 g/mol. The van der Waals surface area contributed by atoms with Crippen molar-refractivity contribution in [3.63, 3.8) is 0 Å². The first-order valence-electron chi connectivity index (χ1n) is 9.67. The summed E-state index contributed by atoms with van der Waals surface area (Å²) >= 11 is 0. The summed E-state index contributed by atoms with van der Waals surface area (Å²) in [4.78, 5) is 26.7. The number of ether oxygens (including phenoxy) is 1. The van der Waals surface area contributed by atoms with Crippen LogP contribution in [0, 0.1) is 17.5 Å². The second-order valence-corrected chi connectivity index (χ2v) is 8.65. The van der Waals surface area contributed by atoms with Gasteiger partial charge in [-0.05, 0) is 45.2 Å². The molecule has 2 saturated heterocycles. The summed E-state index contributed by atoms with van der Waals surface area (Å²) in [6.07, 6.45) is -0.147. The molecule has 2 aliphatic rings. The summed E-state index contributed by atoms with van der Waals surface area (Å²) in [7, 11) is 0. The molecule has 29 heavy (non-hydrogen) atoms. The van der Waals surface area contributed by atoms with E-state index >= 15 is 0 Å². The molecule has 2 unspecified atom stereocenters. The molecule has 2 heterocycles. The Morgan fingerprint density at radius 1 is 1.24 bits per heavy atom. The van der Waals surface area contributed by atoms with Crippen LogP contribution in [-0.2, 0) is 16.0 Å². The fourth-order valence-corrected chi connectivity index (χ4v) is 3.83. The minimum Gasteiger partial charge on any atom is -0.444 e. The second kappa shape index (κ2) is 8.22. The molecule has 2 bridgehead atoms. The fraction of sp³-hybridized carbons (Fsp3) is 0.600. The van der Waals surface area contributed by atoms with Gasteiger partial charge in [0.1, 0.15) is 11.4 Å². The van der Waals surface area contributed by atoms with Crippen molar-refractivity contribution in [2.24, 2.45) is 0 Å². The zero-order valence-electron chi connectivity index (χ0n) is 16.7. The van der Waals surface area contributed by atoms with Crippen molar-refractivity contribution in [3.05, 3.63) is 35.1 Å². The quantitative estimate of drug-likeness (QED) is 0.728. The average Bonchev–Trinajstić information content (AvgIpc) is 3.21. The number of piperazine rings is 1. The van der Waals surface area contributed by atoms with Gasteiger partial charge in [-0.3, -0.25) is 4.79 Å². The molecule has 9 heteroatoms. The molecule has 2 N–H and O–H groups in total. The van der Waals surface area contributed by atoms with Crippen molar-refractivity contribution in [3.8, 4) is 0 Å². The Balaban J connectivity index is 1.73. The number of hydrogen-bond donors (Lipinski definition) is 2. The van der Waals surface area contributed by atoms with Gasteiger partial charge in [0.15, 0.2) is 11.6 Å². The topological polar surface area (TPSA) is 70.7 Å². The zero-order valence-corrected chi connectivity index (χ0v) is 16.7. The highest BCUT2D eigenvalue weighted by molar-refractivity contribution is 5.79. The number of fused-ring (bicyclic) bond motifs is 2. The number of carbonyl (C=O) groups is 2. The van der Waals surface area contributed by atoms with Crippen molar-refractivity contribution in [1.82, 2.24) is 15.5 Å². The molecule has 0 aliphatic carbocycles. The van der Waals surface area contributed by atoms with Crippen LogP contribution in [0.2, 0.25) is 0 Å². The maximum atomic E-state index is 14.1. The van der Waals surface area contributed by atoms with Crippen molar-refractivity contribution in [2.45, 2.75) is 63.8 Å². The summed E-state index contributed by atoms with van der Waals surface area (Å²) in [6, 6.07) is 0.756. The van der Waals surface area contributed by atoms with Crippen LogP contribution in [0.15, 0.2) is 12.1 Å². The highest BCUT2D eigenvalue weighted by Crippen LogP contribution is 2.25. The van der Waals surface area contributed by atoms with Crippen LogP contribution in [0.3, 0.4) is 0 Å². The molecule has 2 amide bonds. The highest BCUT2D eigenvalue weighted by atomic mass is 19.2. The van der Waals surface area contributed by atoms with Crippen molar-refractivity contribution in [2.75, 3.05) is 13.1 Å². The predicted octanol–water partition coefficient (Wildman–Crippen LogP) is 2.50. The molecule has 0 aromatic heterocycles. The Labute approximate surface area is 167 Å². The third-order valence-electron chi connectivity index (χ3n) is 5.07. The van der Waals surface area contributed by atoms with Crippen LogP contribution in [0.5, 0.6) is 0 Å². The highest BCUT2D eigenvalue weighted by Gasteiger charge is 2.40. The van der Waals surface area contributed by atoms with Crippen molar-refractivity contribution in [1.29, 1.82) is 0 Å². The van der Waals surface area contributed by atoms with Crippen LogP contribution < -0.4 is 10.6 Å². The van der Waals surface area contributed by atoms with E-state index in [4.69, 9.17) is 4.74 Å². The smallest absolute Gasteiger partial charge is 0.407 e. The van der Waals surface area contributed by atoms with Gasteiger partial charge in [0.25, 0.3) is 0 Å². The van der Waals surface area contributed by atoms with Crippen molar-refractivity contribution < 1.29 is 27.5 Å². The van der Waals surface area contributed by atoms with E-state index in [1.807, 2.05) is 0 Å². The number of hydrogen-bond acceptors (Lipinski definition) is 4. The van der Waals surface area contributed by atoms with Gasteiger partial charge < -0.3 is 20.3 Å². The zero-order chi connectivity index (χ0) is 21.3. The van der Waals surface area contributed by atoms with Crippen LogP contribution in [-0.4, -0.2) is 53.7 Å². The van der Waals surface area contributed by atoms with Crippen molar-refractivity contribution >= 4 is 12.0 Å². The molecular formula is C20H26F3N3O3. The number of likely N-dealkylation sites (tertiary alicyclic amines) is 1. The molecule has 2 aliphatic heterocycles. The van der Waals surface area contributed by atoms with Crippen LogP contribution in [0.4, 0.5) is 18.0 Å². The van der Waals surface area contributed by atoms with E-state index in [2.05, 4.69) is 10.6 Å². The molecule has 0 radical (unpaired) electrons. The normalized spacial score (nSPS) is 21.9. The van der Waals surface area contributed by atoms with Gasteiger partial charge in [-0.2, -0.15) is 0 Å². The molecule has 6 nitrogen and oxygen atoms in total. The summed E-state index contributed by atoms with van der Waals surface area (Å²) in [5.41, 5.74) is -0.881. The lowest BCUT2D eigenvalue weighted by molar-refractivity contribution is -0.133. The molecule has 3 rings (SSSR count). The van der Waals surface area contributed by atoms with Gasteiger partial charge >= 0.3 is 6.09 Å². The largest absolute Gasteiger partial charge is 0.444 e. The number of amides is 2. The molecule has 1 aromatic carbocycles. The monoisotopic (exact) mass is 413 g/mol. The van der Waals surface area contributed by atoms with E-state index in [9.17, 15) is 22.8 Å². The third kappa shape index (κ3) is 5.41. The van der Waals surface area contributed by atoms with Gasteiger partial charge in [-0.25, -0.2) is 18.0 Å². The van der Waals surface area contributed by atoms with E-state index in [1.54, 1.807) is 25.7 Å². The van der Waals surface area contributed by atoms with Crippen LogP contribution in [0.25, 0.3) is 0 Å². The lowest BCUT2D eigenvalue weighted by atomic mass is 10.0. The second-order valence-electron chi connectivity index (χ2n) is 8.65. The number of nitrogens with zero attached hydrogens (tertiary/aromatic N) is 1. The molecule has 3 atom stereocenters. The van der Waals surface area contributed by atoms with Gasteiger partial charge in [0.05, 0.1) is 0 Å². The number of benzene rings is 1. The van der Waals surface area contributed by atoms with E-state index < -0.39 is 35.2 Å². The van der Waals surface area contributed by atoms with Gasteiger partial charge in [0.2, 0.25) is 5.91 Å². The Morgan fingerprint density at radius 3 is 2.52 bits per heavy atom. The Kier molecular flexibility index (Phi) is 6.07. The maximum Gasteiger partial charge on any atom is 0.407 e. The van der Waals surface area contributed by atoms with Crippen LogP contribution >= 0.6 is 0 Å². The molecule has 1 aromatic rings. The van der Waals surface area contributed by atoms with Gasteiger partial charge in [0, 0.05) is 43.7 Å². The Bertz CT molecular complexity index is 797. The fourth-order valence-electron chi connectivity index (χ4n) is 3.83. The van der Waals surface area contributed by atoms with E-state index in [1.165, 1.54) is 0 Å². The Hall–Kier alpha value is -2.29. The predicted molar refractivity (Wildman–Crippen MR) is 99.7 cm³/mol. The first-order valence-corrected chi connectivity index (χ1v) is 9.67. The summed E-state index contributed by atoms with van der Waals surface area (Å²) in [5, 5.41) is 5.88. The summed E-state index contributed by atoms with van der Waals surface area (Å²) < 4.78 is 46.1. The number of halogens is 3. The minimum atomic E-state index is -1.29. The minimum absolute atomic E-state index is 0.0963. The molecular weight excluding hydrogens is 387 g/mol. The molecule has 0 saturated carbocycles. The molecule has 160 valence electrons.